The van der Waals surface area contributed by atoms with Gasteiger partial charge in [0.15, 0.2) is 0 Å². The number of amides is 2. The normalized spacial score (nSPS) is 20.1. The summed E-state index contributed by atoms with van der Waals surface area (Å²) in [4.78, 5) is 25.9. The average molecular weight is 314 g/mol. The number of allylic oxidation sites excluding steroid dienone is 2. The first kappa shape index (κ1) is 15.6. The molecule has 0 spiro atoms. The molecule has 2 amide bonds. The fourth-order valence-electron chi connectivity index (χ4n) is 3.20. The summed E-state index contributed by atoms with van der Waals surface area (Å²) in [5, 5.41) is 2.93. The van der Waals surface area contributed by atoms with E-state index in [4.69, 9.17) is 4.74 Å². The van der Waals surface area contributed by atoms with Gasteiger partial charge >= 0.3 is 0 Å². The van der Waals surface area contributed by atoms with Crippen molar-refractivity contribution in [2.45, 2.75) is 32.1 Å². The Morgan fingerprint density at radius 2 is 2.30 bits per heavy atom. The molecule has 23 heavy (non-hydrogen) atoms. The van der Waals surface area contributed by atoms with Crippen molar-refractivity contribution in [3.05, 3.63) is 30.4 Å². The first-order valence-corrected chi connectivity index (χ1v) is 8.12. The number of anilines is 2. The van der Waals surface area contributed by atoms with Crippen LogP contribution in [0.4, 0.5) is 11.4 Å². The highest BCUT2D eigenvalue weighted by atomic mass is 16.5. The zero-order chi connectivity index (χ0) is 16.2. The van der Waals surface area contributed by atoms with Crippen LogP contribution >= 0.6 is 0 Å². The van der Waals surface area contributed by atoms with Crippen molar-refractivity contribution in [3.63, 3.8) is 0 Å². The maximum absolute atomic E-state index is 12.2. The molecule has 1 N–H and O–H groups in total. The van der Waals surface area contributed by atoms with Crippen LogP contribution in [0.3, 0.4) is 0 Å². The fraction of sp³-hybridized carbons (Fsp3) is 0.444. The second kappa shape index (κ2) is 6.86. The van der Waals surface area contributed by atoms with E-state index in [1.54, 1.807) is 18.1 Å². The highest BCUT2D eigenvalue weighted by Gasteiger charge is 2.25. The number of rotatable bonds is 5. The molecule has 0 aromatic heterocycles. The van der Waals surface area contributed by atoms with Crippen LogP contribution in [-0.2, 0) is 9.59 Å². The van der Waals surface area contributed by atoms with Crippen molar-refractivity contribution in [1.82, 2.24) is 0 Å². The minimum Gasteiger partial charge on any atom is -0.495 e. The van der Waals surface area contributed by atoms with E-state index in [1.165, 1.54) is 0 Å². The molecule has 1 aliphatic heterocycles. The minimum atomic E-state index is 0.00501. The van der Waals surface area contributed by atoms with E-state index >= 15 is 0 Å². The Kier molecular flexibility index (Phi) is 4.65. The van der Waals surface area contributed by atoms with Crippen LogP contribution in [-0.4, -0.2) is 25.5 Å². The lowest BCUT2D eigenvalue weighted by atomic mass is 10.0. The Bertz CT molecular complexity index is 639. The summed E-state index contributed by atoms with van der Waals surface area (Å²) in [5.41, 5.74) is 1.43. The quantitative estimate of drug-likeness (QED) is 0.850. The fourth-order valence-corrected chi connectivity index (χ4v) is 3.20. The van der Waals surface area contributed by atoms with Crippen LogP contribution in [0.5, 0.6) is 5.75 Å². The Hall–Kier alpha value is -2.30. The maximum Gasteiger partial charge on any atom is 0.227 e. The lowest BCUT2D eigenvalue weighted by molar-refractivity contribution is -0.117. The Balaban J connectivity index is 1.73. The average Bonchev–Trinajstić information content (AvgIpc) is 3.18. The first-order chi connectivity index (χ1) is 11.2. The van der Waals surface area contributed by atoms with Crippen LogP contribution in [0.2, 0.25) is 0 Å². The van der Waals surface area contributed by atoms with Crippen molar-refractivity contribution < 1.29 is 14.3 Å². The molecule has 0 bridgehead atoms. The predicted molar refractivity (Wildman–Crippen MR) is 89.7 cm³/mol. The minimum absolute atomic E-state index is 0.00501. The standard InChI is InChI=1S/C18H22N2O3/c1-23-16-9-8-14(12-15(16)20-10-4-7-18(20)22)19-17(21)11-13-5-2-3-6-13/h2,5,8-9,12-13H,3-4,6-7,10-11H2,1H3,(H,19,21)/t13-/m1/s1. The smallest absolute Gasteiger partial charge is 0.227 e. The molecule has 0 saturated carbocycles. The van der Waals surface area contributed by atoms with Crippen LogP contribution in [0.15, 0.2) is 30.4 Å². The summed E-state index contributed by atoms with van der Waals surface area (Å²) >= 11 is 0. The number of nitrogens with zero attached hydrogens (tertiary/aromatic N) is 1. The molecule has 2 aliphatic rings. The van der Waals surface area contributed by atoms with Gasteiger partial charge in [0.1, 0.15) is 5.75 Å². The summed E-state index contributed by atoms with van der Waals surface area (Å²) in [7, 11) is 1.59. The second-order valence-corrected chi connectivity index (χ2v) is 6.05. The molecule has 1 heterocycles. The van der Waals surface area contributed by atoms with Crippen LogP contribution in [0.1, 0.15) is 32.1 Å². The summed E-state index contributed by atoms with van der Waals surface area (Å²) in [5.74, 6) is 1.10. The highest BCUT2D eigenvalue weighted by molar-refractivity contribution is 5.98. The van der Waals surface area contributed by atoms with Gasteiger partial charge < -0.3 is 15.0 Å². The van der Waals surface area contributed by atoms with Crippen molar-refractivity contribution in [3.8, 4) is 5.75 Å². The molecule has 0 unspecified atom stereocenters. The van der Waals surface area contributed by atoms with E-state index in [-0.39, 0.29) is 11.8 Å². The van der Waals surface area contributed by atoms with Gasteiger partial charge in [-0.25, -0.2) is 0 Å². The topological polar surface area (TPSA) is 58.6 Å². The van der Waals surface area contributed by atoms with Crippen LogP contribution < -0.4 is 15.0 Å². The monoisotopic (exact) mass is 314 g/mol. The third-order valence-electron chi connectivity index (χ3n) is 4.39. The Labute approximate surface area is 136 Å². The largest absolute Gasteiger partial charge is 0.495 e. The third kappa shape index (κ3) is 3.55. The van der Waals surface area contributed by atoms with Crippen molar-refractivity contribution in [2.75, 3.05) is 23.9 Å². The number of benzene rings is 1. The zero-order valence-corrected chi connectivity index (χ0v) is 13.4. The molecule has 5 heteroatoms. The molecule has 1 fully saturated rings. The Morgan fingerprint density at radius 1 is 1.43 bits per heavy atom. The number of carbonyl (C=O) groups is 2. The van der Waals surface area contributed by atoms with Gasteiger partial charge in [-0.15, -0.1) is 0 Å². The predicted octanol–water partition coefficient (Wildman–Crippen LogP) is 3.12. The number of carbonyl (C=O) groups excluding carboxylic acids is 2. The number of hydrogen-bond acceptors (Lipinski definition) is 3. The van der Waals surface area contributed by atoms with Crippen LogP contribution in [0.25, 0.3) is 0 Å². The molecule has 0 radical (unpaired) electrons. The summed E-state index contributed by atoms with van der Waals surface area (Å²) in [6, 6.07) is 5.43. The number of hydrogen-bond donors (Lipinski definition) is 1. The van der Waals surface area contributed by atoms with Crippen molar-refractivity contribution in [1.29, 1.82) is 0 Å². The van der Waals surface area contributed by atoms with E-state index < -0.39 is 0 Å². The van der Waals surface area contributed by atoms with Gasteiger partial charge in [0.2, 0.25) is 11.8 Å². The number of nitrogens with one attached hydrogen (secondary N) is 1. The van der Waals surface area contributed by atoms with E-state index in [0.717, 1.165) is 24.9 Å². The number of methoxy groups -OCH3 is 1. The van der Waals surface area contributed by atoms with Gasteiger partial charge in [-0.3, -0.25) is 9.59 Å². The molecule has 3 rings (SSSR count). The van der Waals surface area contributed by atoms with E-state index in [1.807, 2.05) is 12.1 Å². The van der Waals surface area contributed by atoms with E-state index in [9.17, 15) is 9.59 Å². The maximum atomic E-state index is 12.2. The zero-order valence-electron chi connectivity index (χ0n) is 13.4. The van der Waals surface area contributed by atoms with Gasteiger partial charge in [-0.05, 0) is 43.4 Å². The molecular weight excluding hydrogens is 292 g/mol. The lowest BCUT2D eigenvalue weighted by Gasteiger charge is -2.20. The lowest BCUT2D eigenvalue weighted by Crippen LogP contribution is -2.24. The second-order valence-electron chi connectivity index (χ2n) is 6.05. The molecule has 1 aromatic carbocycles. The van der Waals surface area contributed by atoms with E-state index in [0.29, 0.717) is 36.7 Å². The van der Waals surface area contributed by atoms with Crippen molar-refractivity contribution in [2.24, 2.45) is 5.92 Å². The summed E-state index contributed by atoms with van der Waals surface area (Å²) in [6.07, 6.45) is 8.26. The Morgan fingerprint density at radius 3 is 2.96 bits per heavy atom. The van der Waals surface area contributed by atoms with Gasteiger partial charge in [0, 0.05) is 25.1 Å². The number of ether oxygens (including phenoxy) is 1. The van der Waals surface area contributed by atoms with Gasteiger partial charge in [0.05, 0.1) is 12.8 Å². The summed E-state index contributed by atoms with van der Waals surface area (Å²) in [6.45, 7) is 0.694. The van der Waals surface area contributed by atoms with Gasteiger partial charge in [-0.2, -0.15) is 0 Å². The molecule has 1 aliphatic carbocycles. The first-order valence-electron chi connectivity index (χ1n) is 8.12. The molecule has 122 valence electrons. The molecule has 1 aromatic rings. The van der Waals surface area contributed by atoms with Gasteiger partial charge in [-0.1, -0.05) is 12.2 Å². The highest BCUT2D eigenvalue weighted by Crippen LogP contribution is 2.34. The van der Waals surface area contributed by atoms with Gasteiger partial charge in [0.25, 0.3) is 0 Å². The molecule has 1 saturated heterocycles. The molecular formula is C18H22N2O3. The molecule has 1 atom stereocenters. The SMILES string of the molecule is COc1ccc(NC(=O)C[C@@H]2C=CCC2)cc1N1CCCC1=O. The summed E-state index contributed by atoms with van der Waals surface area (Å²) < 4.78 is 5.36. The van der Waals surface area contributed by atoms with E-state index in [2.05, 4.69) is 17.5 Å². The van der Waals surface area contributed by atoms with Crippen molar-refractivity contribution >= 4 is 23.2 Å². The van der Waals surface area contributed by atoms with Crippen LogP contribution in [0, 0.1) is 5.92 Å². The molecule has 5 nitrogen and oxygen atoms in total. The third-order valence-corrected chi connectivity index (χ3v) is 4.39.